The molecular weight excluding hydrogens is 949 g/mol. The highest BCUT2D eigenvalue weighted by molar-refractivity contribution is 6.76. The second-order valence-corrected chi connectivity index (χ2v) is 16.4. The van der Waals surface area contributed by atoms with Crippen molar-refractivity contribution in [2.45, 2.75) is 158 Å². The van der Waals surface area contributed by atoms with Crippen molar-refractivity contribution < 1.29 is 114 Å². The largest absolute Gasteiger partial charge is 0.467 e. The van der Waals surface area contributed by atoms with Crippen molar-refractivity contribution in [3.05, 3.63) is 0 Å². The lowest BCUT2D eigenvalue weighted by Gasteiger charge is -2.50. The molecule has 25 nitrogen and oxygen atoms in total. The van der Waals surface area contributed by atoms with Crippen LogP contribution in [0.15, 0.2) is 0 Å². The minimum absolute atomic E-state index is 0.768. The van der Waals surface area contributed by atoms with Crippen LogP contribution < -0.4 is 0 Å². The van der Waals surface area contributed by atoms with Crippen LogP contribution in [-0.2, 0) is 114 Å². The van der Waals surface area contributed by atoms with Crippen LogP contribution in [0.1, 0.15) is 62.3 Å². The third-order valence-electron chi connectivity index (χ3n) is 8.89. The Kier molecular flexibility index (Phi) is 20.0. The lowest BCUT2D eigenvalue weighted by atomic mass is 9.95. The van der Waals surface area contributed by atoms with Crippen molar-refractivity contribution in [3.63, 3.8) is 0 Å². The van der Waals surface area contributed by atoms with Gasteiger partial charge in [0.05, 0.1) is 13.2 Å². The maximum atomic E-state index is 13.1. The Morgan fingerprint density at radius 1 is 0.477 bits per heavy atom. The maximum Gasteiger partial charge on any atom is 0.339 e. The first-order chi connectivity index (χ1) is 30.1. The van der Waals surface area contributed by atoms with E-state index in [1.165, 1.54) is 6.92 Å². The van der Waals surface area contributed by atoms with E-state index in [4.69, 9.17) is 111 Å². The van der Waals surface area contributed by atoms with Crippen molar-refractivity contribution >= 4 is 94.4 Å². The normalized spacial score (nSPS) is 32.2. The van der Waals surface area contributed by atoms with Gasteiger partial charge in [-0.15, -0.1) is 0 Å². The molecule has 0 saturated carbocycles. The maximum absolute atomic E-state index is 13.1. The second kappa shape index (κ2) is 23.7. The number of rotatable bonds is 15. The summed E-state index contributed by atoms with van der Waals surface area (Å²) < 4.78 is 82.2. The lowest BCUT2D eigenvalue weighted by Crippen LogP contribution is -2.69. The highest BCUT2D eigenvalue weighted by Crippen LogP contribution is 2.39. The van der Waals surface area contributed by atoms with Gasteiger partial charge in [0.25, 0.3) is 3.79 Å². The van der Waals surface area contributed by atoms with Gasteiger partial charge in [0.15, 0.2) is 73.6 Å². The summed E-state index contributed by atoms with van der Waals surface area (Å²) in [7, 11) is 0.923. The Labute approximate surface area is 385 Å². The quantitative estimate of drug-likeness (QED) is 0.0771. The first kappa shape index (κ1) is 54.7. The monoisotopic (exact) mass is 995 g/mol. The average molecular weight is 997 g/mol. The van der Waals surface area contributed by atoms with E-state index in [1.807, 2.05) is 0 Å². The molecule has 0 aromatic rings. The smallest absolute Gasteiger partial charge is 0.339 e. The van der Waals surface area contributed by atoms with Crippen LogP contribution in [-0.4, -0.2) is 169 Å². The molecule has 3 aliphatic heterocycles. The third kappa shape index (κ3) is 15.5. The van der Waals surface area contributed by atoms with Crippen LogP contribution in [0, 0.1) is 5.41 Å². The number of methoxy groups -OCH3 is 1. The summed E-state index contributed by atoms with van der Waals surface area (Å²) in [6, 6.07) is 0. The number of carbonyl (C=O) groups is 9. The number of alkyl halides is 3. The van der Waals surface area contributed by atoms with Gasteiger partial charge in [0.2, 0.25) is 12.2 Å². The third-order valence-corrected chi connectivity index (χ3v) is 9.40. The fourth-order valence-electron chi connectivity index (χ4n) is 6.70. The molecule has 3 fully saturated rings. The number of halogens is 3. The molecule has 1 N–H and O–H groups in total. The van der Waals surface area contributed by atoms with Gasteiger partial charge in [-0.1, -0.05) is 34.8 Å². The van der Waals surface area contributed by atoms with Gasteiger partial charge < -0.3 is 71.1 Å². The number of hydrogen-bond donors (Lipinski definition) is 1. The summed E-state index contributed by atoms with van der Waals surface area (Å²) in [6.07, 6.45) is -28.2. The Bertz CT molecular complexity index is 1810. The Balaban J connectivity index is 2.40. The molecule has 0 aromatic carbocycles. The predicted octanol–water partition coefficient (Wildman–Crippen LogP) is 0.573. The summed E-state index contributed by atoms with van der Waals surface area (Å²) in [5, 5.41) is 8.34. The molecule has 3 rings (SSSR count). The highest BCUT2D eigenvalue weighted by atomic mass is 35.6. The lowest BCUT2D eigenvalue weighted by molar-refractivity contribution is -0.387. The molecule has 0 spiro atoms. The zero-order valence-electron chi connectivity index (χ0n) is 36.3. The topological polar surface area (TPSA) is 316 Å². The Hall–Kier alpha value is -4.63. The Morgan fingerprint density at radius 3 is 1.31 bits per heavy atom. The van der Waals surface area contributed by atoms with E-state index in [2.05, 4.69) is 0 Å². The van der Waals surface area contributed by atoms with Gasteiger partial charge in [-0.25, -0.2) is 4.79 Å². The molecule has 0 aromatic heterocycles. The summed E-state index contributed by atoms with van der Waals surface area (Å²) in [4.78, 5) is 113. The molecule has 3 aliphatic rings. The Morgan fingerprint density at radius 2 is 0.862 bits per heavy atom. The zero-order chi connectivity index (χ0) is 49.2. The first-order valence-corrected chi connectivity index (χ1v) is 20.3. The molecule has 65 heavy (non-hydrogen) atoms. The van der Waals surface area contributed by atoms with Crippen molar-refractivity contribution in [2.75, 3.05) is 13.7 Å². The van der Waals surface area contributed by atoms with E-state index in [9.17, 15) is 43.2 Å². The van der Waals surface area contributed by atoms with Gasteiger partial charge >= 0.3 is 53.7 Å². The molecule has 0 bridgehead atoms. The second-order valence-electron chi connectivity index (χ2n) is 14.2. The highest BCUT2D eigenvalue weighted by Gasteiger charge is 2.61. The molecule has 3 saturated heterocycles. The zero-order valence-corrected chi connectivity index (χ0v) is 38.6. The molecule has 3 heterocycles. The predicted molar refractivity (Wildman–Crippen MR) is 208 cm³/mol. The van der Waals surface area contributed by atoms with Gasteiger partial charge in [-0.05, 0) is 6.92 Å². The van der Waals surface area contributed by atoms with Gasteiger partial charge in [0.1, 0.15) is 12.7 Å². The van der Waals surface area contributed by atoms with Crippen molar-refractivity contribution in [2.24, 2.45) is 0 Å². The standard InChI is InChI=1S/C37H48Cl3NO24/c1-12-22(54-14(3)43)24(56-16(5)45)29(60-20(9)49)33(53-12)63-30-25(57-17(6)46)23(55-15(4)44)21(11-52-13(2)42)61-34(30)64-31-27(59-19(8)48)26(58-18(7)47)28(32(50)51-10)62-35(31)65-36(41)37(38,39)40/h12,21-31,33-35,41H,11H2,1-10H3/t12-,21+,22-,23-,24+,25-,26-,27-,28-,29+,30+,31+,33-,34-,35+/m0/s1. The summed E-state index contributed by atoms with van der Waals surface area (Å²) in [5.74, 6) is -10.4. The van der Waals surface area contributed by atoms with Crippen molar-refractivity contribution in [3.8, 4) is 0 Å². The molecule has 0 aliphatic carbocycles. The number of esters is 9. The van der Waals surface area contributed by atoms with Gasteiger partial charge in [-0.2, -0.15) is 0 Å². The van der Waals surface area contributed by atoms with Crippen LogP contribution in [0.25, 0.3) is 0 Å². The minimum atomic E-state index is -2.64. The molecule has 0 unspecified atom stereocenters. The first-order valence-electron chi connectivity index (χ1n) is 19.2. The molecule has 15 atom stereocenters. The number of carbonyl (C=O) groups excluding carboxylic acids is 9. The molecule has 0 radical (unpaired) electrons. The average Bonchev–Trinajstić information content (AvgIpc) is 3.16. The van der Waals surface area contributed by atoms with Gasteiger partial charge in [-0.3, -0.25) is 43.8 Å². The number of ether oxygens (including phenoxy) is 15. The van der Waals surface area contributed by atoms with E-state index in [1.54, 1.807) is 0 Å². The fraction of sp³-hybridized carbons (Fsp3) is 0.730. The van der Waals surface area contributed by atoms with Gasteiger partial charge in [0, 0.05) is 55.4 Å². The summed E-state index contributed by atoms with van der Waals surface area (Å²) in [6.45, 7) is 8.32. The van der Waals surface area contributed by atoms with E-state index in [-0.39, 0.29) is 0 Å². The van der Waals surface area contributed by atoms with Crippen LogP contribution in [0.4, 0.5) is 0 Å². The van der Waals surface area contributed by atoms with Crippen LogP contribution in [0.5, 0.6) is 0 Å². The van der Waals surface area contributed by atoms with Crippen molar-refractivity contribution in [1.29, 1.82) is 5.41 Å². The SMILES string of the molecule is COC(=O)[C@H]1O[C@H](OC(=N)C(Cl)(Cl)Cl)[C@H](O[C@@H]2O[C@H](COC(C)=O)[C@H](OC(C)=O)[C@H](OC(C)=O)[C@H]2O[C@@H]2O[C@@H](C)[C@H](OC(C)=O)[C@@H](OC(C)=O)[C@H]2OC(C)=O)[C@@H](OC(C)=O)[C@@H]1OC(C)=O. The molecule has 366 valence electrons. The van der Waals surface area contributed by atoms with E-state index < -0.39 is 162 Å². The number of nitrogens with one attached hydrogen (secondary N) is 1. The van der Waals surface area contributed by atoms with Crippen LogP contribution >= 0.6 is 34.8 Å². The molecule has 28 heteroatoms. The number of hydrogen-bond acceptors (Lipinski definition) is 25. The molecule has 0 amide bonds. The van der Waals surface area contributed by atoms with E-state index in [0.29, 0.717) is 0 Å². The van der Waals surface area contributed by atoms with E-state index in [0.717, 1.165) is 62.5 Å². The van der Waals surface area contributed by atoms with Crippen molar-refractivity contribution in [1.82, 2.24) is 0 Å². The minimum Gasteiger partial charge on any atom is -0.467 e. The van der Waals surface area contributed by atoms with Crippen LogP contribution in [0.3, 0.4) is 0 Å². The molecular formula is C37H48Cl3NO24. The van der Waals surface area contributed by atoms with E-state index >= 15 is 0 Å². The van der Waals surface area contributed by atoms with Crippen LogP contribution in [0.2, 0.25) is 0 Å². The summed E-state index contributed by atoms with van der Waals surface area (Å²) >= 11 is 17.8. The summed E-state index contributed by atoms with van der Waals surface area (Å²) in [5.41, 5.74) is 0. The fourth-order valence-corrected chi connectivity index (χ4v) is 6.83.